The molecule has 1 heterocycles. The van der Waals surface area contributed by atoms with Crippen LogP contribution in [-0.2, 0) is 4.79 Å². The maximum atomic E-state index is 11.2. The summed E-state index contributed by atoms with van der Waals surface area (Å²) in [5.41, 5.74) is 5.94. The Hall–Kier alpha value is -0.570. The SMILES string of the molecule is CC(=O)N1CC2CC1CCC2N. The first-order chi connectivity index (χ1) is 5.68. The van der Waals surface area contributed by atoms with Gasteiger partial charge in [0.05, 0.1) is 0 Å². The largest absolute Gasteiger partial charge is 0.340 e. The van der Waals surface area contributed by atoms with Gasteiger partial charge in [-0.25, -0.2) is 0 Å². The van der Waals surface area contributed by atoms with Crippen LogP contribution in [0, 0.1) is 5.92 Å². The molecule has 2 bridgehead atoms. The molecule has 1 aliphatic carbocycles. The van der Waals surface area contributed by atoms with Crippen LogP contribution in [0.4, 0.5) is 0 Å². The van der Waals surface area contributed by atoms with Gasteiger partial charge in [0, 0.05) is 25.6 Å². The first kappa shape index (κ1) is 8.05. The molecule has 3 nitrogen and oxygen atoms in total. The number of nitrogens with two attached hydrogens (primary N) is 1. The fourth-order valence-corrected chi connectivity index (χ4v) is 2.54. The lowest BCUT2D eigenvalue weighted by Gasteiger charge is -2.25. The van der Waals surface area contributed by atoms with Crippen LogP contribution >= 0.6 is 0 Å². The standard InChI is InChI=1S/C9H16N2O/c1-6(12)11-5-7-4-8(11)2-3-9(7)10/h7-9H,2-5,10H2,1H3. The fraction of sp³-hybridized carbons (Fsp3) is 0.889. The number of likely N-dealkylation sites (tertiary alicyclic amines) is 1. The van der Waals surface area contributed by atoms with Gasteiger partial charge in [-0.3, -0.25) is 4.79 Å². The number of nitrogens with zero attached hydrogens (tertiary/aromatic N) is 1. The monoisotopic (exact) mass is 168 g/mol. The van der Waals surface area contributed by atoms with Crippen LogP contribution in [0.1, 0.15) is 26.2 Å². The van der Waals surface area contributed by atoms with Crippen LogP contribution in [0.2, 0.25) is 0 Å². The van der Waals surface area contributed by atoms with Crippen molar-refractivity contribution in [1.82, 2.24) is 4.90 Å². The van der Waals surface area contributed by atoms with E-state index in [1.165, 1.54) is 0 Å². The highest BCUT2D eigenvalue weighted by Gasteiger charge is 2.40. The minimum Gasteiger partial charge on any atom is -0.340 e. The molecule has 2 rings (SSSR count). The lowest BCUT2D eigenvalue weighted by molar-refractivity contribution is -0.129. The zero-order chi connectivity index (χ0) is 8.72. The smallest absolute Gasteiger partial charge is 0.219 e. The van der Waals surface area contributed by atoms with Gasteiger partial charge in [-0.1, -0.05) is 0 Å². The van der Waals surface area contributed by atoms with E-state index >= 15 is 0 Å². The van der Waals surface area contributed by atoms with E-state index in [1.54, 1.807) is 6.92 Å². The normalized spacial score (nSPS) is 40.2. The minimum absolute atomic E-state index is 0.219. The lowest BCUT2D eigenvalue weighted by atomic mass is 9.86. The van der Waals surface area contributed by atoms with E-state index in [0.717, 1.165) is 25.8 Å². The van der Waals surface area contributed by atoms with Crippen LogP contribution in [0.25, 0.3) is 0 Å². The van der Waals surface area contributed by atoms with E-state index in [4.69, 9.17) is 5.73 Å². The molecule has 0 radical (unpaired) electrons. The van der Waals surface area contributed by atoms with Crippen molar-refractivity contribution in [2.45, 2.75) is 38.3 Å². The third kappa shape index (κ3) is 1.12. The Morgan fingerprint density at radius 3 is 2.83 bits per heavy atom. The van der Waals surface area contributed by atoms with Crippen molar-refractivity contribution >= 4 is 5.91 Å². The molecule has 68 valence electrons. The zero-order valence-electron chi connectivity index (χ0n) is 7.49. The maximum absolute atomic E-state index is 11.2. The van der Waals surface area contributed by atoms with Crippen molar-refractivity contribution in [3.05, 3.63) is 0 Å². The third-order valence-electron chi connectivity index (χ3n) is 3.29. The van der Waals surface area contributed by atoms with E-state index in [2.05, 4.69) is 0 Å². The quantitative estimate of drug-likeness (QED) is 0.567. The van der Waals surface area contributed by atoms with Crippen molar-refractivity contribution < 1.29 is 4.79 Å². The molecule has 0 aromatic heterocycles. The molecule has 0 aromatic rings. The molecule has 1 aliphatic heterocycles. The fourth-order valence-electron chi connectivity index (χ4n) is 2.54. The Labute approximate surface area is 72.9 Å². The van der Waals surface area contributed by atoms with Crippen LogP contribution in [0.3, 0.4) is 0 Å². The second-order valence-electron chi connectivity index (χ2n) is 4.06. The number of carbonyl (C=O) groups is 1. The molecule has 3 atom stereocenters. The molecule has 2 N–H and O–H groups in total. The molecule has 0 aromatic carbocycles. The summed E-state index contributed by atoms with van der Waals surface area (Å²) in [6.07, 6.45) is 3.34. The number of rotatable bonds is 0. The molecule has 3 heteroatoms. The second kappa shape index (κ2) is 2.73. The third-order valence-corrected chi connectivity index (χ3v) is 3.29. The van der Waals surface area contributed by atoms with Gasteiger partial charge in [0.1, 0.15) is 0 Å². The summed E-state index contributed by atoms with van der Waals surface area (Å²) in [6.45, 7) is 2.56. The molecule has 2 aliphatic rings. The number of amides is 1. The molecule has 1 saturated heterocycles. The van der Waals surface area contributed by atoms with Gasteiger partial charge >= 0.3 is 0 Å². The number of carbonyl (C=O) groups excluding carboxylic acids is 1. The number of fused-ring (bicyclic) bond motifs is 2. The molecular weight excluding hydrogens is 152 g/mol. The highest BCUT2D eigenvalue weighted by molar-refractivity contribution is 5.74. The predicted octanol–water partition coefficient (Wildman–Crippen LogP) is 0.345. The lowest BCUT2D eigenvalue weighted by Crippen LogP contribution is -2.34. The van der Waals surface area contributed by atoms with E-state index in [9.17, 15) is 4.79 Å². The molecule has 1 saturated carbocycles. The van der Waals surface area contributed by atoms with Crippen molar-refractivity contribution in [2.75, 3.05) is 6.54 Å². The highest BCUT2D eigenvalue weighted by atomic mass is 16.2. The molecule has 12 heavy (non-hydrogen) atoms. The van der Waals surface area contributed by atoms with Gasteiger partial charge in [0.25, 0.3) is 0 Å². The molecular formula is C9H16N2O. The van der Waals surface area contributed by atoms with E-state index in [1.807, 2.05) is 4.90 Å². The Morgan fingerprint density at radius 1 is 1.50 bits per heavy atom. The van der Waals surface area contributed by atoms with Gasteiger partial charge in [-0.15, -0.1) is 0 Å². The summed E-state index contributed by atoms with van der Waals surface area (Å²) in [4.78, 5) is 13.2. The Kier molecular flexibility index (Phi) is 1.83. The predicted molar refractivity (Wildman–Crippen MR) is 46.5 cm³/mol. The Balaban J connectivity index is 2.10. The van der Waals surface area contributed by atoms with Gasteiger partial charge in [-0.2, -0.15) is 0 Å². The van der Waals surface area contributed by atoms with Crippen molar-refractivity contribution in [2.24, 2.45) is 11.7 Å². The van der Waals surface area contributed by atoms with Crippen LogP contribution in [0.15, 0.2) is 0 Å². The summed E-state index contributed by atoms with van der Waals surface area (Å²) < 4.78 is 0. The average molecular weight is 168 g/mol. The maximum Gasteiger partial charge on any atom is 0.219 e. The Morgan fingerprint density at radius 2 is 2.25 bits per heavy atom. The van der Waals surface area contributed by atoms with Crippen LogP contribution in [-0.4, -0.2) is 29.4 Å². The van der Waals surface area contributed by atoms with Gasteiger partial charge in [0.2, 0.25) is 5.91 Å². The second-order valence-corrected chi connectivity index (χ2v) is 4.06. The first-order valence-corrected chi connectivity index (χ1v) is 4.71. The van der Waals surface area contributed by atoms with Crippen LogP contribution < -0.4 is 5.73 Å². The summed E-state index contributed by atoms with van der Waals surface area (Å²) in [5.74, 6) is 0.796. The molecule has 1 amide bonds. The summed E-state index contributed by atoms with van der Waals surface area (Å²) in [6, 6.07) is 0.845. The average Bonchev–Trinajstić information content (AvgIpc) is 2.37. The highest BCUT2D eigenvalue weighted by Crippen LogP contribution is 2.34. The van der Waals surface area contributed by atoms with Crippen LogP contribution in [0.5, 0.6) is 0 Å². The summed E-state index contributed by atoms with van der Waals surface area (Å²) in [7, 11) is 0. The van der Waals surface area contributed by atoms with Crippen molar-refractivity contribution in [3.63, 3.8) is 0 Å². The van der Waals surface area contributed by atoms with Crippen molar-refractivity contribution in [3.8, 4) is 0 Å². The number of hydrogen-bond donors (Lipinski definition) is 1. The van der Waals surface area contributed by atoms with Gasteiger partial charge in [-0.05, 0) is 25.2 Å². The summed E-state index contributed by atoms with van der Waals surface area (Å²) in [5, 5.41) is 0. The number of hydrogen-bond acceptors (Lipinski definition) is 2. The van der Waals surface area contributed by atoms with E-state index in [0.29, 0.717) is 18.0 Å². The van der Waals surface area contributed by atoms with E-state index in [-0.39, 0.29) is 5.91 Å². The minimum atomic E-state index is 0.219. The topological polar surface area (TPSA) is 46.3 Å². The van der Waals surface area contributed by atoms with E-state index < -0.39 is 0 Å². The van der Waals surface area contributed by atoms with Gasteiger partial charge < -0.3 is 10.6 Å². The molecule has 3 unspecified atom stereocenters. The Bertz CT molecular complexity index is 205. The zero-order valence-corrected chi connectivity index (χ0v) is 7.49. The van der Waals surface area contributed by atoms with Gasteiger partial charge in [0.15, 0.2) is 0 Å². The summed E-state index contributed by atoms with van der Waals surface area (Å²) >= 11 is 0. The van der Waals surface area contributed by atoms with Crippen molar-refractivity contribution in [1.29, 1.82) is 0 Å². The molecule has 0 spiro atoms. The first-order valence-electron chi connectivity index (χ1n) is 4.71. The molecule has 2 fully saturated rings.